The molecular formula is C27H40F6O11. The Balaban J connectivity index is 1.79. The fraction of sp³-hybridized carbons (Fsp3) is 0.741. The standard InChI is InChI=1S/C27H40F6O11/c28-2-4-36-6-8-38-10-12-40-14-16-42-18-20-43-19-17-41-15-13-39-11-9-37-7-5-35-3-1-21(34)44-27-25(32)23(30)22(29)24(31)26(27)33/h1-20H2. The highest BCUT2D eigenvalue weighted by atomic mass is 19.2. The summed E-state index contributed by atoms with van der Waals surface area (Å²) in [5, 5.41) is 0. The Morgan fingerprint density at radius 2 is 0.636 bits per heavy atom. The third kappa shape index (κ3) is 19.3. The summed E-state index contributed by atoms with van der Waals surface area (Å²) in [5.41, 5.74) is 0. The van der Waals surface area contributed by atoms with E-state index in [1.807, 2.05) is 0 Å². The maximum Gasteiger partial charge on any atom is 0.313 e. The monoisotopic (exact) mass is 654 g/mol. The van der Waals surface area contributed by atoms with E-state index in [9.17, 15) is 31.1 Å². The third-order valence-corrected chi connectivity index (χ3v) is 5.03. The molecule has 0 aromatic heterocycles. The number of halogens is 6. The molecular weight excluding hydrogens is 614 g/mol. The molecule has 0 radical (unpaired) electrons. The zero-order valence-corrected chi connectivity index (χ0v) is 24.4. The summed E-state index contributed by atoms with van der Waals surface area (Å²) in [4.78, 5) is 11.6. The first-order valence-electron chi connectivity index (χ1n) is 13.9. The van der Waals surface area contributed by atoms with E-state index >= 15 is 0 Å². The zero-order chi connectivity index (χ0) is 32.3. The van der Waals surface area contributed by atoms with Gasteiger partial charge in [-0.3, -0.25) is 4.79 Å². The summed E-state index contributed by atoms with van der Waals surface area (Å²) in [6, 6.07) is 0. The number of hydrogen-bond acceptors (Lipinski definition) is 11. The van der Waals surface area contributed by atoms with Crippen molar-refractivity contribution in [2.45, 2.75) is 6.42 Å². The lowest BCUT2D eigenvalue weighted by atomic mass is 10.2. The summed E-state index contributed by atoms with van der Waals surface area (Å²) in [6.07, 6.45) is -0.489. The molecule has 0 bridgehead atoms. The van der Waals surface area contributed by atoms with E-state index in [4.69, 9.17) is 42.6 Å². The van der Waals surface area contributed by atoms with Gasteiger partial charge in [-0.15, -0.1) is 0 Å². The second kappa shape index (κ2) is 27.2. The molecule has 1 aromatic carbocycles. The number of ether oxygens (including phenoxy) is 10. The largest absolute Gasteiger partial charge is 0.420 e. The molecule has 0 spiro atoms. The van der Waals surface area contributed by atoms with Crippen molar-refractivity contribution in [3.05, 3.63) is 29.1 Å². The van der Waals surface area contributed by atoms with Gasteiger partial charge in [0, 0.05) is 0 Å². The predicted molar refractivity (Wildman–Crippen MR) is 140 cm³/mol. The Hall–Kier alpha value is -2.09. The molecule has 44 heavy (non-hydrogen) atoms. The number of alkyl halides is 1. The first-order valence-corrected chi connectivity index (χ1v) is 13.9. The Labute approximate surface area is 251 Å². The van der Waals surface area contributed by atoms with Crippen molar-refractivity contribution in [1.82, 2.24) is 0 Å². The van der Waals surface area contributed by atoms with Gasteiger partial charge in [0.25, 0.3) is 0 Å². The molecule has 11 nitrogen and oxygen atoms in total. The van der Waals surface area contributed by atoms with E-state index < -0.39 is 53.9 Å². The molecule has 0 heterocycles. The van der Waals surface area contributed by atoms with Crippen molar-refractivity contribution >= 4 is 5.97 Å². The van der Waals surface area contributed by atoms with E-state index in [0.717, 1.165) is 0 Å². The lowest BCUT2D eigenvalue weighted by molar-refractivity contribution is -0.136. The normalized spacial score (nSPS) is 11.4. The van der Waals surface area contributed by atoms with Crippen LogP contribution in [0.1, 0.15) is 6.42 Å². The van der Waals surface area contributed by atoms with Crippen LogP contribution in [-0.2, 0) is 47.4 Å². The maximum absolute atomic E-state index is 13.5. The smallest absolute Gasteiger partial charge is 0.313 e. The van der Waals surface area contributed by atoms with Gasteiger partial charge in [0.2, 0.25) is 34.8 Å². The fourth-order valence-corrected chi connectivity index (χ4v) is 2.91. The molecule has 0 aliphatic rings. The SMILES string of the molecule is O=C(CCOCCOCCOCCOCCOCCOCCOCCOCCOCCF)Oc1c(F)c(F)c(F)c(F)c1F. The fourth-order valence-electron chi connectivity index (χ4n) is 2.91. The van der Waals surface area contributed by atoms with Crippen LogP contribution in [0.5, 0.6) is 5.75 Å². The Morgan fingerprint density at radius 1 is 0.386 bits per heavy atom. The number of carbonyl (C=O) groups excluding carboxylic acids is 1. The molecule has 0 aliphatic carbocycles. The van der Waals surface area contributed by atoms with Crippen molar-refractivity contribution in [3.63, 3.8) is 0 Å². The molecule has 1 rings (SSSR count). The highest BCUT2D eigenvalue weighted by molar-refractivity contribution is 5.72. The van der Waals surface area contributed by atoms with Crippen LogP contribution in [0.3, 0.4) is 0 Å². The van der Waals surface area contributed by atoms with Crippen molar-refractivity contribution < 1.29 is 78.5 Å². The number of rotatable bonds is 30. The van der Waals surface area contributed by atoms with E-state index in [-0.39, 0.29) is 33.0 Å². The molecule has 256 valence electrons. The first-order chi connectivity index (χ1) is 21.4. The van der Waals surface area contributed by atoms with Gasteiger partial charge in [0.05, 0.1) is 125 Å². The minimum atomic E-state index is -2.35. The van der Waals surface area contributed by atoms with Crippen LogP contribution < -0.4 is 4.74 Å². The minimum absolute atomic E-state index is 0.0781. The van der Waals surface area contributed by atoms with Crippen LogP contribution in [0.4, 0.5) is 26.3 Å². The summed E-state index contributed by atoms with van der Waals surface area (Å²) in [5.74, 6) is -14.2. The van der Waals surface area contributed by atoms with Gasteiger partial charge < -0.3 is 47.4 Å². The predicted octanol–water partition coefficient (Wildman–Crippen LogP) is 2.80. The quantitative estimate of drug-likeness (QED) is 0.0305. The molecule has 0 saturated carbocycles. The topological polar surface area (TPSA) is 109 Å². The number of esters is 1. The first kappa shape index (κ1) is 39.9. The molecule has 0 unspecified atom stereocenters. The molecule has 0 atom stereocenters. The van der Waals surface area contributed by atoms with E-state index in [1.165, 1.54) is 0 Å². The van der Waals surface area contributed by atoms with Crippen molar-refractivity contribution in [3.8, 4) is 5.75 Å². The molecule has 1 aromatic rings. The molecule has 0 fully saturated rings. The van der Waals surface area contributed by atoms with Gasteiger partial charge in [-0.2, -0.15) is 8.78 Å². The Morgan fingerprint density at radius 3 is 0.932 bits per heavy atom. The van der Waals surface area contributed by atoms with Gasteiger partial charge in [-0.1, -0.05) is 0 Å². The van der Waals surface area contributed by atoms with Gasteiger partial charge >= 0.3 is 5.97 Å². The van der Waals surface area contributed by atoms with Crippen LogP contribution in [0.15, 0.2) is 0 Å². The molecule has 0 N–H and O–H groups in total. The summed E-state index contributed by atoms with van der Waals surface area (Å²) in [6.45, 7) is 5.04. The van der Waals surface area contributed by atoms with Crippen LogP contribution in [0, 0.1) is 29.1 Å². The Bertz CT molecular complexity index is 856. The molecule has 0 aliphatic heterocycles. The average molecular weight is 655 g/mol. The van der Waals surface area contributed by atoms with Crippen molar-refractivity contribution in [2.24, 2.45) is 0 Å². The number of benzene rings is 1. The molecule has 0 saturated heterocycles. The van der Waals surface area contributed by atoms with Crippen LogP contribution >= 0.6 is 0 Å². The number of carbonyl (C=O) groups is 1. The third-order valence-electron chi connectivity index (χ3n) is 5.03. The summed E-state index contributed by atoms with van der Waals surface area (Å²) < 4.78 is 130. The number of hydrogen-bond donors (Lipinski definition) is 0. The van der Waals surface area contributed by atoms with Crippen molar-refractivity contribution in [2.75, 3.05) is 126 Å². The summed E-state index contributed by atoms with van der Waals surface area (Å²) in [7, 11) is 0. The Kier molecular flexibility index (Phi) is 24.7. The average Bonchev–Trinajstić information content (AvgIpc) is 3.02. The van der Waals surface area contributed by atoms with E-state index in [0.29, 0.717) is 85.9 Å². The van der Waals surface area contributed by atoms with Gasteiger partial charge in [-0.05, 0) is 0 Å². The van der Waals surface area contributed by atoms with E-state index in [2.05, 4.69) is 4.74 Å². The maximum atomic E-state index is 13.5. The zero-order valence-electron chi connectivity index (χ0n) is 24.4. The lowest BCUT2D eigenvalue weighted by Crippen LogP contribution is -2.16. The van der Waals surface area contributed by atoms with E-state index in [1.54, 1.807) is 0 Å². The second-order valence-corrected chi connectivity index (χ2v) is 8.32. The lowest BCUT2D eigenvalue weighted by Gasteiger charge is -2.09. The van der Waals surface area contributed by atoms with Crippen LogP contribution in [-0.4, -0.2) is 132 Å². The highest BCUT2D eigenvalue weighted by Gasteiger charge is 2.28. The highest BCUT2D eigenvalue weighted by Crippen LogP contribution is 2.29. The summed E-state index contributed by atoms with van der Waals surface area (Å²) >= 11 is 0. The van der Waals surface area contributed by atoms with Crippen LogP contribution in [0.25, 0.3) is 0 Å². The minimum Gasteiger partial charge on any atom is -0.420 e. The van der Waals surface area contributed by atoms with Crippen LogP contribution in [0.2, 0.25) is 0 Å². The van der Waals surface area contributed by atoms with Gasteiger partial charge in [0.15, 0.2) is 0 Å². The molecule has 0 amide bonds. The second-order valence-electron chi connectivity index (χ2n) is 8.32. The van der Waals surface area contributed by atoms with Crippen molar-refractivity contribution in [1.29, 1.82) is 0 Å². The van der Waals surface area contributed by atoms with Gasteiger partial charge in [0.1, 0.15) is 6.67 Å². The molecule has 17 heteroatoms. The van der Waals surface area contributed by atoms with Gasteiger partial charge in [-0.25, -0.2) is 17.6 Å².